The summed E-state index contributed by atoms with van der Waals surface area (Å²) in [6, 6.07) is 10.8. The molecule has 1 aliphatic rings. The van der Waals surface area contributed by atoms with Gasteiger partial charge in [0.2, 0.25) is 0 Å². The van der Waals surface area contributed by atoms with E-state index in [1.54, 1.807) is 35.6 Å². The number of rotatable bonds is 5. The van der Waals surface area contributed by atoms with E-state index in [9.17, 15) is 9.59 Å². The molecule has 1 fully saturated rings. The Kier molecular flexibility index (Phi) is 5.05. The smallest absolute Gasteiger partial charge is 0.253 e. The molecule has 2 amide bonds. The zero-order valence-corrected chi connectivity index (χ0v) is 13.4. The molecule has 2 N–H and O–H groups in total. The third-order valence-electron chi connectivity index (χ3n) is 3.64. The molecule has 0 bridgehead atoms. The van der Waals surface area contributed by atoms with E-state index in [1.807, 2.05) is 17.5 Å². The molecule has 23 heavy (non-hydrogen) atoms. The standard InChI is InChI=1S/C17H18N2O3S/c20-16(18-11-14-3-2-10-23-14)12-5-7-13(8-6-12)19-17(21)15-4-1-9-22-15/h2-3,5-8,10,15H,1,4,9,11H2,(H,18,20)(H,19,21)/t15-/m0/s1. The predicted octanol–water partition coefficient (Wildman–Crippen LogP) is 2.80. The maximum atomic E-state index is 12.1. The van der Waals surface area contributed by atoms with Crippen LogP contribution in [0.25, 0.3) is 0 Å². The average Bonchev–Trinajstić information content (AvgIpc) is 3.26. The molecule has 0 radical (unpaired) electrons. The first-order chi connectivity index (χ1) is 11.2. The second kappa shape index (κ2) is 7.39. The van der Waals surface area contributed by atoms with Crippen LogP contribution in [0.15, 0.2) is 41.8 Å². The van der Waals surface area contributed by atoms with Crippen molar-refractivity contribution in [2.75, 3.05) is 11.9 Å². The summed E-state index contributed by atoms with van der Waals surface area (Å²) in [5.41, 5.74) is 1.23. The van der Waals surface area contributed by atoms with E-state index < -0.39 is 0 Å². The molecule has 0 unspecified atom stereocenters. The zero-order valence-electron chi connectivity index (χ0n) is 12.6. The van der Waals surface area contributed by atoms with Crippen molar-refractivity contribution < 1.29 is 14.3 Å². The van der Waals surface area contributed by atoms with Crippen LogP contribution < -0.4 is 10.6 Å². The first-order valence-corrected chi connectivity index (χ1v) is 8.43. The van der Waals surface area contributed by atoms with E-state index in [2.05, 4.69) is 10.6 Å². The lowest BCUT2D eigenvalue weighted by molar-refractivity contribution is -0.124. The number of amides is 2. The van der Waals surface area contributed by atoms with Crippen LogP contribution in [-0.2, 0) is 16.1 Å². The van der Waals surface area contributed by atoms with E-state index in [1.165, 1.54) is 0 Å². The van der Waals surface area contributed by atoms with Crippen molar-refractivity contribution in [2.24, 2.45) is 0 Å². The highest BCUT2D eigenvalue weighted by molar-refractivity contribution is 7.09. The normalized spacial score (nSPS) is 17.0. The number of benzene rings is 1. The highest BCUT2D eigenvalue weighted by Crippen LogP contribution is 2.16. The fourth-order valence-electron chi connectivity index (χ4n) is 2.39. The van der Waals surface area contributed by atoms with Crippen LogP contribution in [0.1, 0.15) is 28.1 Å². The molecule has 1 saturated heterocycles. The second-order valence-electron chi connectivity index (χ2n) is 5.33. The molecule has 1 aromatic heterocycles. The van der Waals surface area contributed by atoms with Crippen molar-refractivity contribution >= 4 is 28.8 Å². The maximum absolute atomic E-state index is 12.1. The van der Waals surface area contributed by atoms with Gasteiger partial charge in [-0.1, -0.05) is 6.07 Å². The summed E-state index contributed by atoms with van der Waals surface area (Å²) < 4.78 is 5.34. The van der Waals surface area contributed by atoms with E-state index in [-0.39, 0.29) is 17.9 Å². The monoisotopic (exact) mass is 330 g/mol. The molecule has 5 nitrogen and oxygen atoms in total. The van der Waals surface area contributed by atoms with Gasteiger partial charge in [0, 0.05) is 22.7 Å². The number of thiophene rings is 1. The molecular weight excluding hydrogens is 312 g/mol. The first-order valence-electron chi connectivity index (χ1n) is 7.55. The van der Waals surface area contributed by atoms with E-state index in [4.69, 9.17) is 4.74 Å². The minimum absolute atomic E-state index is 0.127. The highest BCUT2D eigenvalue weighted by Gasteiger charge is 2.23. The van der Waals surface area contributed by atoms with Gasteiger partial charge in [0.1, 0.15) is 6.10 Å². The third kappa shape index (κ3) is 4.18. The number of carbonyl (C=O) groups is 2. The van der Waals surface area contributed by atoms with Gasteiger partial charge in [-0.25, -0.2) is 0 Å². The summed E-state index contributed by atoms with van der Waals surface area (Å²) in [6.45, 7) is 1.16. The van der Waals surface area contributed by atoms with Crippen LogP contribution in [0.2, 0.25) is 0 Å². The Bertz CT molecular complexity index is 662. The van der Waals surface area contributed by atoms with Crippen LogP contribution >= 0.6 is 11.3 Å². The topological polar surface area (TPSA) is 67.4 Å². The molecule has 2 aromatic rings. The molecule has 0 aliphatic carbocycles. The van der Waals surface area contributed by atoms with Crippen LogP contribution in [0.3, 0.4) is 0 Å². The van der Waals surface area contributed by atoms with Crippen LogP contribution in [-0.4, -0.2) is 24.5 Å². The molecule has 0 saturated carbocycles. The fraction of sp³-hybridized carbons (Fsp3) is 0.294. The minimum atomic E-state index is -0.358. The minimum Gasteiger partial charge on any atom is -0.368 e. The molecular formula is C17H18N2O3S. The summed E-state index contributed by atoms with van der Waals surface area (Å²) in [7, 11) is 0. The Morgan fingerprint density at radius 2 is 2.04 bits per heavy atom. The van der Waals surface area contributed by atoms with Gasteiger partial charge in [-0.3, -0.25) is 9.59 Å². The molecule has 0 spiro atoms. The lowest BCUT2D eigenvalue weighted by Gasteiger charge is -2.11. The number of hydrogen-bond acceptors (Lipinski definition) is 4. The second-order valence-corrected chi connectivity index (χ2v) is 6.36. The summed E-state index contributed by atoms with van der Waals surface area (Å²) in [5.74, 6) is -0.257. The van der Waals surface area contributed by atoms with Gasteiger partial charge < -0.3 is 15.4 Å². The lowest BCUT2D eigenvalue weighted by Crippen LogP contribution is -2.27. The van der Waals surface area contributed by atoms with E-state index in [0.717, 1.165) is 17.7 Å². The molecule has 3 rings (SSSR count). The van der Waals surface area contributed by atoms with Crippen molar-refractivity contribution in [2.45, 2.75) is 25.5 Å². The van der Waals surface area contributed by atoms with Gasteiger partial charge in [-0.05, 0) is 48.6 Å². The maximum Gasteiger partial charge on any atom is 0.253 e. The average molecular weight is 330 g/mol. The van der Waals surface area contributed by atoms with Crippen molar-refractivity contribution in [3.8, 4) is 0 Å². The summed E-state index contributed by atoms with van der Waals surface area (Å²) in [6.07, 6.45) is 1.32. The summed E-state index contributed by atoms with van der Waals surface area (Å²) in [5, 5.41) is 7.66. The number of nitrogens with one attached hydrogen (secondary N) is 2. The van der Waals surface area contributed by atoms with Gasteiger partial charge in [0.25, 0.3) is 11.8 Å². The number of anilines is 1. The van der Waals surface area contributed by atoms with Gasteiger partial charge >= 0.3 is 0 Å². The van der Waals surface area contributed by atoms with E-state index >= 15 is 0 Å². The Morgan fingerprint density at radius 3 is 2.70 bits per heavy atom. The Balaban J connectivity index is 1.53. The van der Waals surface area contributed by atoms with Crippen LogP contribution in [0, 0.1) is 0 Å². The molecule has 2 heterocycles. The largest absolute Gasteiger partial charge is 0.368 e. The summed E-state index contributed by atoms with van der Waals surface area (Å²) >= 11 is 1.61. The molecule has 120 valence electrons. The zero-order chi connectivity index (χ0) is 16.1. The third-order valence-corrected chi connectivity index (χ3v) is 4.52. The first kappa shape index (κ1) is 15.7. The van der Waals surface area contributed by atoms with Crippen LogP contribution in [0.4, 0.5) is 5.69 Å². The molecule has 1 aliphatic heterocycles. The van der Waals surface area contributed by atoms with Crippen molar-refractivity contribution in [1.82, 2.24) is 5.32 Å². The van der Waals surface area contributed by atoms with E-state index in [0.29, 0.717) is 24.4 Å². The molecule has 1 aromatic carbocycles. The van der Waals surface area contributed by atoms with Crippen molar-refractivity contribution in [3.05, 3.63) is 52.2 Å². The fourth-order valence-corrected chi connectivity index (χ4v) is 3.04. The van der Waals surface area contributed by atoms with Crippen LogP contribution in [0.5, 0.6) is 0 Å². The van der Waals surface area contributed by atoms with Gasteiger partial charge in [0.15, 0.2) is 0 Å². The lowest BCUT2D eigenvalue weighted by atomic mass is 10.2. The van der Waals surface area contributed by atoms with Gasteiger partial charge in [-0.2, -0.15) is 0 Å². The Morgan fingerprint density at radius 1 is 1.22 bits per heavy atom. The predicted molar refractivity (Wildman–Crippen MR) is 89.5 cm³/mol. The number of carbonyl (C=O) groups excluding carboxylic acids is 2. The van der Waals surface area contributed by atoms with Crippen molar-refractivity contribution in [3.63, 3.8) is 0 Å². The van der Waals surface area contributed by atoms with Gasteiger partial charge in [0.05, 0.1) is 6.54 Å². The number of ether oxygens (including phenoxy) is 1. The summed E-state index contributed by atoms with van der Waals surface area (Å²) in [4.78, 5) is 25.1. The highest BCUT2D eigenvalue weighted by atomic mass is 32.1. The Hall–Kier alpha value is -2.18. The van der Waals surface area contributed by atoms with Crippen molar-refractivity contribution in [1.29, 1.82) is 0 Å². The molecule has 6 heteroatoms. The number of hydrogen-bond donors (Lipinski definition) is 2. The quantitative estimate of drug-likeness (QED) is 0.886. The van der Waals surface area contributed by atoms with Gasteiger partial charge in [-0.15, -0.1) is 11.3 Å². The molecule has 1 atom stereocenters. The SMILES string of the molecule is O=C(NCc1cccs1)c1ccc(NC(=O)[C@@H]2CCCO2)cc1. The Labute approximate surface area is 138 Å².